The molecule has 1 aliphatic rings. The largest absolute Gasteiger partial charge is 0.481 e. The third-order valence-electron chi connectivity index (χ3n) is 6.65. The van der Waals surface area contributed by atoms with E-state index in [1.165, 1.54) is 4.90 Å². The highest BCUT2D eigenvalue weighted by Gasteiger charge is 2.45. The van der Waals surface area contributed by atoms with Crippen molar-refractivity contribution in [2.75, 3.05) is 19.7 Å². The number of rotatable bonds is 12. The number of aliphatic hydroxyl groups excluding tert-OH is 1. The first-order chi connectivity index (χ1) is 18.9. The quantitative estimate of drug-likeness (QED) is 0.339. The molecule has 1 heterocycles. The van der Waals surface area contributed by atoms with Gasteiger partial charge in [-0.2, -0.15) is 0 Å². The molecule has 0 saturated carbocycles. The predicted octanol–water partition coefficient (Wildman–Crippen LogP) is 5.90. The lowest BCUT2D eigenvalue weighted by atomic mass is 9.73. The molecular formula is C32H42N2O6. The number of amides is 1. The maximum atomic E-state index is 13.1. The lowest BCUT2D eigenvalue weighted by Crippen LogP contribution is -2.45. The van der Waals surface area contributed by atoms with Crippen LogP contribution in [0.3, 0.4) is 0 Å². The van der Waals surface area contributed by atoms with Crippen LogP contribution in [-0.2, 0) is 14.3 Å². The van der Waals surface area contributed by atoms with E-state index < -0.39 is 35.3 Å². The van der Waals surface area contributed by atoms with Crippen LogP contribution in [0.15, 0.2) is 73.1 Å². The Morgan fingerprint density at radius 1 is 1.12 bits per heavy atom. The van der Waals surface area contributed by atoms with Crippen molar-refractivity contribution in [1.29, 1.82) is 0 Å². The summed E-state index contributed by atoms with van der Waals surface area (Å²) in [4.78, 5) is 31.4. The van der Waals surface area contributed by atoms with Gasteiger partial charge in [0.05, 0.1) is 18.8 Å². The van der Waals surface area contributed by atoms with Gasteiger partial charge in [-0.15, -0.1) is 0 Å². The maximum absolute atomic E-state index is 13.1. The fourth-order valence-electron chi connectivity index (χ4n) is 4.58. The zero-order chi connectivity index (χ0) is 29.3. The smallest absolute Gasteiger partial charge is 0.410 e. The number of benzene rings is 1. The third-order valence-corrected chi connectivity index (χ3v) is 6.65. The van der Waals surface area contributed by atoms with Gasteiger partial charge in [-0.25, -0.2) is 4.79 Å². The second-order valence-electron chi connectivity index (χ2n) is 11.6. The van der Waals surface area contributed by atoms with Gasteiger partial charge in [0.25, 0.3) is 0 Å². The van der Waals surface area contributed by atoms with E-state index in [0.29, 0.717) is 18.6 Å². The van der Waals surface area contributed by atoms with Gasteiger partial charge in [0.1, 0.15) is 11.0 Å². The fraction of sp³-hybridized carbons (Fsp3) is 0.469. The SMILES string of the molecule is CC(C)COC1C=C(c2ccccc2)C=CC1(CCCN(C[C@H](O)c1cccnc1)C(=O)OC(C)(C)C)C(=O)O. The molecule has 0 aliphatic heterocycles. The van der Waals surface area contributed by atoms with Crippen LogP contribution < -0.4 is 0 Å². The van der Waals surface area contributed by atoms with Crippen molar-refractivity contribution >= 4 is 17.6 Å². The molecule has 0 bridgehead atoms. The lowest BCUT2D eigenvalue weighted by molar-refractivity contribution is -0.153. The Balaban J connectivity index is 1.82. The van der Waals surface area contributed by atoms with Gasteiger partial charge in [-0.3, -0.25) is 9.78 Å². The fourth-order valence-corrected chi connectivity index (χ4v) is 4.58. The van der Waals surface area contributed by atoms with Crippen molar-refractivity contribution in [2.24, 2.45) is 11.3 Å². The summed E-state index contributed by atoms with van der Waals surface area (Å²) in [5.74, 6) is -0.761. The highest BCUT2D eigenvalue weighted by Crippen LogP contribution is 2.40. The van der Waals surface area contributed by atoms with Gasteiger partial charge >= 0.3 is 12.1 Å². The molecule has 0 spiro atoms. The topological polar surface area (TPSA) is 109 Å². The number of carbonyl (C=O) groups excluding carboxylic acids is 1. The molecular weight excluding hydrogens is 508 g/mol. The van der Waals surface area contributed by atoms with Gasteiger partial charge in [-0.1, -0.05) is 62.4 Å². The van der Waals surface area contributed by atoms with Crippen molar-refractivity contribution in [1.82, 2.24) is 9.88 Å². The number of carboxylic acids is 1. The van der Waals surface area contributed by atoms with Gasteiger partial charge in [0.15, 0.2) is 0 Å². The molecule has 2 N–H and O–H groups in total. The van der Waals surface area contributed by atoms with E-state index in [1.807, 2.05) is 56.3 Å². The zero-order valence-electron chi connectivity index (χ0n) is 24.1. The van der Waals surface area contributed by atoms with E-state index in [9.17, 15) is 19.8 Å². The van der Waals surface area contributed by atoms with Crippen LogP contribution >= 0.6 is 0 Å². The first kappa shape index (κ1) is 31.0. The molecule has 3 rings (SSSR count). The molecule has 1 amide bonds. The summed E-state index contributed by atoms with van der Waals surface area (Å²) in [6.45, 7) is 9.97. The second kappa shape index (κ2) is 13.7. The third kappa shape index (κ3) is 8.50. The van der Waals surface area contributed by atoms with Gasteiger partial charge in [0.2, 0.25) is 0 Å². The highest BCUT2D eigenvalue weighted by atomic mass is 16.6. The molecule has 40 heavy (non-hydrogen) atoms. The molecule has 8 heteroatoms. The standard InChI is InChI=1S/C32H42N2O6/c1-23(2)22-39-28-19-25(24-11-7-6-8-12-24)14-16-32(28,29(36)37)15-10-18-34(30(38)40-31(3,4)5)21-27(35)26-13-9-17-33-20-26/h6-9,11-14,16-17,19-20,23,27-28,35H,10,15,18,21-22H2,1-5H3,(H,36,37)/t27-,28?,32?/m0/s1. The Hall–Kier alpha value is -3.49. The number of allylic oxidation sites excluding steroid dienone is 2. The molecule has 2 aromatic rings. The van der Waals surface area contributed by atoms with E-state index >= 15 is 0 Å². The number of aliphatic hydroxyl groups is 1. The van der Waals surface area contributed by atoms with Crippen LogP contribution in [0.5, 0.6) is 0 Å². The molecule has 216 valence electrons. The Bertz CT molecular complexity index is 1170. The maximum Gasteiger partial charge on any atom is 0.410 e. The van der Waals surface area contributed by atoms with E-state index in [1.54, 1.807) is 51.4 Å². The number of aliphatic carboxylic acids is 1. The number of aromatic nitrogens is 1. The highest BCUT2D eigenvalue weighted by molar-refractivity contribution is 5.84. The van der Waals surface area contributed by atoms with Crippen LogP contribution in [0.2, 0.25) is 0 Å². The second-order valence-corrected chi connectivity index (χ2v) is 11.6. The average Bonchev–Trinajstić information content (AvgIpc) is 2.91. The molecule has 1 aliphatic carbocycles. The average molecular weight is 551 g/mol. The number of ether oxygens (including phenoxy) is 2. The molecule has 3 atom stereocenters. The summed E-state index contributed by atoms with van der Waals surface area (Å²) in [6.07, 6.45) is 6.97. The number of hydrogen-bond donors (Lipinski definition) is 2. The van der Waals surface area contributed by atoms with Gasteiger partial charge in [0, 0.05) is 31.1 Å². The van der Waals surface area contributed by atoms with Crippen LogP contribution in [0, 0.1) is 11.3 Å². The lowest BCUT2D eigenvalue weighted by Gasteiger charge is -2.37. The minimum atomic E-state index is -1.31. The summed E-state index contributed by atoms with van der Waals surface area (Å²) >= 11 is 0. The van der Waals surface area contributed by atoms with E-state index in [2.05, 4.69) is 4.98 Å². The molecule has 1 aromatic heterocycles. The first-order valence-corrected chi connectivity index (χ1v) is 13.8. The first-order valence-electron chi connectivity index (χ1n) is 13.8. The van der Waals surface area contributed by atoms with Crippen LogP contribution in [-0.4, -0.2) is 63.6 Å². The summed E-state index contributed by atoms with van der Waals surface area (Å²) in [7, 11) is 0. The molecule has 0 radical (unpaired) electrons. The summed E-state index contributed by atoms with van der Waals surface area (Å²) < 4.78 is 11.8. The summed E-state index contributed by atoms with van der Waals surface area (Å²) in [6, 6.07) is 13.2. The Morgan fingerprint density at radius 3 is 2.45 bits per heavy atom. The van der Waals surface area contributed by atoms with E-state index in [4.69, 9.17) is 9.47 Å². The predicted molar refractivity (Wildman–Crippen MR) is 154 cm³/mol. The van der Waals surface area contributed by atoms with Crippen LogP contribution in [0.4, 0.5) is 4.79 Å². The minimum Gasteiger partial charge on any atom is -0.481 e. The number of hydrogen-bond acceptors (Lipinski definition) is 6. The number of nitrogens with zero attached hydrogens (tertiary/aromatic N) is 2. The zero-order valence-corrected chi connectivity index (χ0v) is 24.1. The Labute approximate surface area is 237 Å². The summed E-state index contributed by atoms with van der Waals surface area (Å²) in [5, 5.41) is 21.3. The van der Waals surface area contributed by atoms with E-state index in [-0.39, 0.29) is 25.4 Å². The Morgan fingerprint density at radius 2 is 1.85 bits per heavy atom. The van der Waals surface area contributed by atoms with Crippen LogP contribution in [0.25, 0.3) is 5.57 Å². The molecule has 1 aromatic carbocycles. The van der Waals surface area contributed by atoms with Crippen molar-refractivity contribution in [3.05, 3.63) is 84.2 Å². The normalized spacial score (nSPS) is 19.7. The molecule has 8 nitrogen and oxygen atoms in total. The Kier molecular flexibility index (Phi) is 10.7. The van der Waals surface area contributed by atoms with Gasteiger partial charge in [-0.05, 0) is 62.8 Å². The van der Waals surface area contributed by atoms with Crippen LogP contribution in [0.1, 0.15) is 64.7 Å². The molecule has 0 saturated heterocycles. The number of pyridine rings is 1. The molecule has 0 fully saturated rings. The number of carbonyl (C=O) groups is 2. The van der Waals surface area contributed by atoms with Crippen molar-refractivity contribution < 1.29 is 29.3 Å². The van der Waals surface area contributed by atoms with Crippen molar-refractivity contribution in [3.63, 3.8) is 0 Å². The number of carboxylic acid groups (broad SMARTS) is 1. The van der Waals surface area contributed by atoms with Crippen molar-refractivity contribution in [2.45, 2.75) is 65.3 Å². The van der Waals surface area contributed by atoms with Gasteiger partial charge < -0.3 is 24.6 Å². The van der Waals surface area contributed by atoms with E-state index in [0.717, 1.165) is 11.1 Å². The van der Waals surface area contributed by atoms with Crippen molar-refractivity contribution in [3.8, 4) is 0 Å². The minimum absolute atomic E-state index is 0.0121. The summed E-state index contributed by atoms with van der Waals surface area (Å²) in [5.41, 5.74) is 0.429. The molecule has 2 unspecified atom stereocenters. The monoisotopic (exact) mass is 550 g/mol.